The summed E-state index contributed by atoms with van der Waals surface area (Å²) in [6, 6.07) is 16.5. The highest BCUT2D eigenvalue weighted by Crippen LogP contribution is 2.21. The molecule has 0 radical (unpaired) electrons. The van der Waals surface area contributed by atoms with Crippen molar-refractivity contribution in [1.82, 2.24) is 0 Å². The van der Waals surface area contributed by atoms with Crippen LogP contribution in [0.15, 0.2) is 48.5 Å². The summed E-state index contributed by atoms with van der Waals surface area (Å²) >= 11 is 7.65. The molecule has 0 aliphatic heterocycles. The van der Waals surface area contributed by atoms with E-state index in [1.165, 1.54) is 5.56 Å². The van der Waals surface area contributed by atoms with Gasteiger partial charge in [0.1, 0.15) is 0 Å². The van der Waals surface area contributed by atoms with Gasteiger partial charge in [0.05, 0.1) is 5.69 Å². The van der Waals surface area contributed by atoms with Crippen LogP contribution in [0.4, 0.5) is 11.4 Å². The van der Waals surface area contributed by atoms with Gasteiger partial charge >= 0.3 is 0 Å². The van der Waals surface area contributed by atoms with Gasteiger partial charge in [-0.05, 0) is 77.0 Å². The Bertz CT molecular complexity index is 610. The van der Waals surface area contributed by atoms with Gasteiger partial charge in [0.15, 0.2) is 5.11 Å². The largest absolute Gasteiger partial charge is 0.332 e. The monoisotopic (exact) mass is 410 g/mol. The first-order valence-corrected chi connectivity index (χ1v) is 8.51. The van der Waals surface area contributed by atoms with Gasteiger partial charge in [0, 0.05) is 9.26 Å². The number of anilines is 2. The van der Waals surface area contributed by atoms with Gasteiger partial charge in [-0.1, -0.05) is 38.1 Å². The van der Waals surface area contributed by atoms with E-state index in [-0.39, 0.29) is 0 Å². The highest BCUT2D eigenvalue weighted by atomic mass is 127. The van der Waals surface area contributed by atoms with Gasteiger partial charge in [0.25, 0.3) is 0 Å². The minimum absolute atomic E-state index is 0.593. The van der Waals surface area contributed by atoms with Crippen LogP contribution in [0, 0.1) is 3.57 Å². The van der Waals surface area contributed by atoms with Gasteiger partial charge in [-0.25, -0.2) is 0 Å². The zero-order valence-electron chi connectivity index (χ0n) is 12.2. The Balaban J connectivity index is 1.98. The van der Waals surface area contributed by atoms with Crippen molar-refractivity contribution in [3.63, 3.8) is 0 Å². The van der Waals surface area contributed by atoms with E-state index in [4.69, 9.17) is 12.2 Å². The Kier molecular flexibility index (Phi) is 5.99. The smallest absolute Gasteiger partial charge is 0.175 e. The van der Waals surface area contributed by atoms with Crippen LogP contribution in [0.1, 0.15) is 31.7 Å². The second-order valence-electron chi connectivity index (χ2n) is 4.99. The molecule has 1 unspecified atom stereocenters. The van der Waals surface area contributed by atoms with Crippen molar-refractivity contribution in [1.29, 1.82) is 0 Å². The van der Waals surface area contributed by atoms with Gasteiger partial charge in [0.2, 0.25) is 0 Å². The van der Waals surface area contributed by atoms with Crippen molar-refractivity contribution >= 4 is 51.3 Å². The molecule has 1 atom stereocenters. The molecule has 2 aromatic rings. The summed E-state index contributed by atoms with van der Waals surface area (Å²) in [4.78, 5) is 0. The summed E-state index contributed by atoms with van der Waals surface area (Å²) in [5.41, 5.74) is 3.39. The minimum Gasteiger partial charge on any atom is -0.332 e. The first kappa shape index (κ1) is 16.2. The number of rotatable bonds is 4. The number of halogens is 1. The number of thiocarbonyl (C=S) groups is 1. The fourth-order valence-electron chi connectivity index (χ4n) is 1.98. The van der Waals surface area contributed by atoms with E-state index in [0.717, 1.165) is 21.4 Å². The molecule has 110 valence electrons. The second kappa shape index (κ2) is 7.75. The molecule has 2 nitrogen and oxygen atoms in total. The third kappa shape index (κ3) is 4.68. The summed E-state index contributed by atoms with van der Waals surface area (Å²) in [6.07, 6.45) is 1.15. The second-order valence-corrected chi connectivity index (χ2v) is 6.56. The first-order valence-electron chi connectivity index (χ1n) is 7.02. The Hall–Kier alpha value is -1.14. The number of hydrogen-bond acceptors (Lipinski definition) is 1. The highest BCUT2D eigenvalue weighted by molar-refractivity contribution is 14.1. The molecule has 0 amide bonds. The number of hydrogen-bond donors (Lipinski definition) is 2. The lowest BCUT2D eigenvalue weighted by Crippen LogP contribution is -2.19. The van der Waals surface area contributed by atoms with Crippen molar-refractivity contribution in [2.75, 3.05) is 10.6 Å². The lowest BCUT2D eigenvalue weighted by atomic mass is 9.99. The zero-order valence-corrected chi connectivity index (χ0v) is 15.2. The summed E-state index contributed by atoms with van der Waals surface area (Å²) in [5, 5.41) is 7.05. The van der Waals surface area contributed by atoms with E-state index in [1.807, 2.05) is 24.3 Å². The first-order chi connectivity index (χ1) is 10.1. The molecule has 4 heteroatoms. The molecule has 0 aromatic heterocycles. The molecule has 0 heterocycles. The minimum atomic E-state index is 0.593. The van der Waals surface area contributed by atoms with Crippen LogP contribution in [-0.4, -0.2) is 5.11 Å². The SMILES string of the molecule is CCC(C)c1ccc(NC(=S)Nc2ccccc2I)cc1. The molecule has 2 rings (SSSR count). The number of para-hydroxylation sites is 1. The number of nitrogens with one attached hydrogen (secondary N) is 2. The van der Waals surface area contributed by atoms with Crippen molar-refractivity contribution in [2.24, 2.45) is 0 Å². The lowest BCUT2D eigenvalue weighted by molar-refractivity contribution is 0.734. The molecule has 0 aliphatic rings. The molecule has 21 heavy (non-hydrogen) atoms. The molecule has 2 aromatic carbocycles. The molecule has 0 saturated heterocycles. The highest BCUT2D eigenvalue weighted by Gasteiger charge is 2.04. The van der Waals surface area contributed by atoms with E-state index in [2.05, 4.69) is 71.3 Å². The van der Waals surface area contributed by atoms with Gasteiger partial charge in [-0.3, -0.25) is 0 Å². The van der Waals surface area contributed by atoms with E-state index in [9.17, 15) is 0 Å². The maximum Gasteiger partial charge on any atom is 0.175 e. The molecule has 0 bridgehead atoms. The Morgan fingerprint density at radius 3 is 2.38 bits per heavy atom. The van der Waals surface area contributed by atoms with E-state index in [0.29, 0.717) is 11.0 Å². The van der Waals surface area contributed by atoms with Crippen molar-refractivity contribution in [3.05, 3.63) is 57.7 Å². The lowest BCUT2D eigenvalue weighted by Gasteiger charge is -2.13. The third-order valence-electron chi connectivity index (χ3n) is 3.47. The van der Waals surface area contributed by atoms with Crippen LogP contribution in [0.25, 0.3) is 0 Å². The van der Waals surface area contributed by atoms with E-state index >= 15 is 0 Å². The van der Waals surface area contributed by atoms with Gasteiger partial charge < -0.3 is 10.6 Å². The van der Waals surface area contributed by atoms with Crippen LogP contribution in [0.3, 0.4) is 0 Å². The number of benzene rings is 2. The quantitative estimate of drug-likeness (QED) is 0.506. The standard InChI is InChI=1S/C17H19IN2S/c1-3-12(2)13-8-10-14(11-9-13)19-17(21)20-16-7-5-4-6-15(16)18/h4-12H,3H2,1-2H3,(H2,19,20,21). The fourth-order valence-corrected chi connectivity index (χ4v) is 2.73. The topological polar surface area (TPSA) is 24.1 Å². The average molecular weight is 410 g/mol. The molecular weight excluding hydrogens is 391 g/mol. The summed E-state index contributed by atoms with van der Waals surface area (Å²) in [6.45, 7) is 4.45. The predicted octanol–water partition coefficient (Wildman–Crippen LogP) is 5.61. The third-order valence-corrected chi connectivity index (χ3v) is 4.62. The Morgan fingerprint density at radius 2 is 1.76 bits per heavy atom. The predicted molar refractivity (Wildman–Crippen MR) is 104 cm³/mol. The molecule has 0 saturated carbocycles. The Labute approximate surface area is 145 Å². The molecular formula is C17H19IN2S. The normalized spacial score (nSPS) is 11.8. The van der Waals surface area contributed by atoms with Crippen molar-refractivity contribution < 1.29 is 0 Å². The van der Waals surface area contributed by atoms with Crippen LogP contribution in [0.5, 0.6) is 0 Å². The van der Waals surface area contributed by atoms with Crippen LogP contribution >= 0.6 is 34.8 Å². The molecule has 0 aliphatic carbocycles. The molecule has 2 N–H and O–H groups in total. The summed E-state index contributed by atoms with van der Waals surface area (Å²) in [7, 11) is 0. The molecule has 0 fully saturated rings. The molecule has 0 spiro atoms. The van der Waals surface area contributed by atoms with Crippen LogP contribution in [0.2, 0.25) is 0 Å². The zero-order chi connectivity index (χ0) is 15.2. The maximum atomic E-state index is 5.36. The van der Waals surface area contributed by atoms with Gasteiger partial charge in [-0.2, -0.15) is 0 Å². The summed E-state index contributed by atoms with van der Waals surface area (Å²) < 4.78 is 1.14. The summed E-state index contributed by atoms with van der Waals surface area (Å²) in [5.74, 6) is 0.593. The van der Waals surface area contributed by atoms with E-state index < -0.39 is 0 Å². The van der Waals surface area contributed by atoms with Crippen molar-refractivity contribution in [2.45, 2.75) is 26.2 Å². The average Bonchev–Trinajstić information content (AvgIpc) is 2.49. The van der Waals surface area contributed by atoms with Crippen molar-refractivity contribution in [3.8, 4) is 0 Å². The Morgan fingerprint density at radius 1 is 1.10 bits per heavy atom. The maximum absolute atomic E-state index is 5.36. The van der Waals surface area contributed by atoms with E-state index in [1.54, 1.807) is 0 Å². The van der Waals surface area contributed by atoms with Crippen LogP contribution < -0.4 is 10.6 Å². The van der Waals surface area contributed by atoms with Gasteiger partial charge in [-0.15, -0.1) is 0 Å². The van der Waals surface area contributed by atoms with Crippen LogP contribution in [-0.2, 0) is 0 Å². The fraction of sp³-hybridized carbons (Fsp3) is 0.235.